The topological polar surface area (TPSA) is 55.1 Å². The van der Waals surface area contributed by atoms with Gasteiger partial charge in [0.2, 0.25) is 5.91 Å². The zero-order valence-electron chi connectivity index (χ0n) is 11.5. The second kappa shape index (κ2) is 6.89. The van der Waals surface area contributed by atoms with Crippen molar-refractivity contribution in [2.45, 2.75) is 71.9 Å². The van der Waals surface area contributed by atoms with Gasteiger partial charge in [-0.05, 0) is 25.7 Å². The fourth-order valence-electron chi connectivity index (χ4n) is 2.04. The lowest BCUT2D eigenvalue weighted by Crippen LogP contribution is -2.56. The average Bonchev–Trinajstić information content (AvgIpc) is 2.29. The molecular formula is C13H28N2O. The predicted octanol–water partition coefficient (Wildman–Crippen LogP) is 2.44. The Bertz CT molecular complexity index is 208. The first-order valence-corrected chi connectivity index (χ1v) is 6.54. The number of rotatable bonds is 7. The molecule has 0 radical (unpaired) electrons. The molecule has 0 saturated heterocycles. The summed E-state index contributed by atoms with van der Waals surface area (Å²) < 4.78 is 0. The summed E-state index contributed by atoms with van der Waals surface area (Å²) in [7, 11) is 0. The molecule has 0 aliphatic rings. The van der Waals surface area contributed by atoms with Crippen molar-refractivity contribution in [3.63, 3.8) is 0 Å². The molecule has 0 fully saturated rings. The first-order valence-electron chi connectivity index (χ1n) is 6.54. The Balaban J connectivity index is 4.43. The van der Waals surface area contributed by atoms with Crippen LogP contribution < -0.4 is 11.1 Å². The van der Waals surface area contributed by atoms with E-state index in [1.54, 1.807) is 0 Å². The van der Waals surface area contributed by atoms with Gasteiger partial charge in [-0.2, -0.15) is 0 Å². The molecule has 0 bridgehead atoms. The molecule has 0 aliphatic carbocycles. The molecule has 0 spiro atoms. The fourth-order valence-corrected chi connectivity index (χ4v) is 2.04. The van der Waals surface area contributed by atoms with E-state index < -0.39 is 5.54 Å². The van der Waals surface area contributed by atoms with Crippen LogP contribution in [0.2, 0.25) is 0 Å². The maximum absolute atomic E-state index is 12.0. The van der Waals surface area contributed by atoms with E-state index in [1.807, 2.05) is 13.8 Å². The molecule has 3 nitrogen and oxygen atoms in total. The van der Waals surface area contributed by atoms with Crippen molar-refractivity contribution in [3.8, 4) is 0 Å². The first-order chi connectivity index (χ1) is 7.45. The minimum atomic E-state index is -0.694. The van der Waals surface area contributed by atoms with E-state index in [0.717, 1.165) is 12.8 Å². The van der Waals surface area contributed by atoms with Crippen LogP contribution in [-0.2, 0) is 4.79 Å². The summed E-state index contributed by atoms with van der Waals surface area (Å²) in [6.45, 7) is 10.3. The molecule has 1 amide bonds. The normalized spacial score (nSPS) is 13.9. The fraction of sp³-hybridized carbons (Fsp3) is 0.923. The van der Waals surface area contributed by atoms with Gasteiger partial charge in [0, 0.05) is 6.04 Å². The van der Waals surface area contributed by atoms with E-state index in [9.17, 15) is 4.79 Å². The number of carbonyl (C=O) groups excluding carboxylic acids is 1. The van der Waals surface area contributed by atoms with Crippen molar-refractivity contribution >= 4 is 5.91 Å². The molecule has 3 heteroatoms. The summed E-state index contributed by atoms with van der Waals surface area (Å²) in [6, 6.07) is 0.212. The zero-order valence-corrected chi connectivity index (χ0v) is 11.5. The maximum atomic E-state index is 12.0. The van der Waals surface area contributed by atoms with Crippen molar-refractivity contribution < 1.29 is 4.79 Å². The Hall–Kier alpha value is -0.570. The van der Waals surface area contributed by atoms with E-state index >= 15 is 0 Å². The Morgan fingerprint density at radius 1 is 1.19 bits per heavy atom. The predicted molar refractivity (Wildman–Crippen MR) is 69.2 cm³/mol. The molecule has 0 aliphatic heterocycles. The van der Waals surface area contributed by atoms with Crippen LogP contribution >= 0.6 is 0 Å². The van der Waals surface area contributed by atoms with Crippen LogP contribution in [0.1, 0.15) is 60.3 Å². The highest BCUT2D eigenvalue weighted by molar-refractivity contribution is 5.86. The van der Waals surface area contributed by atoms with Gasteiger partial charge in [0.25, 0.3) is 0 Å². The van der Waals surface area contributed by atoms with Crippen molar-refractivity contribution in [1.82, 2.24) is 5.32 Å². The summed E-state index contributed by atoms with van der Waals surface area (Å²) in [6.07, 6.45) is 3.55. The molecule has 0 aromatic rings. The molecule has 0 rings (SSSR count). The third-order valence-electron chi connectivity index (χ3n) is 3.83. The van der Waals surface area contributed by atoms with Crippen LogP contribution in [0.25, 0.3) is 0 Å². The maximum Gasteiger partial charge on any atom is 0.240 e. The second-order valence-corrected chi connectivity index (χ2v) is 4.70. The summed E-state index contributed by atoms with van der Waals surface area (Å²) in [5.41, 5.74) is 5.37. The largest absolute Gasteiger partial charge is 0.352 e. The van der Waals surface area contributed by atoms with E-state index in [-0.39, 0.29) is 11.9 Å². The summed E-state index contributed by atoms with van der Waals surface area (Å²) in [5.74, 6) is 0.541. The second-order valence-electron chi connectivity index (χ2n) is 4.70. The molecule has 16 heavy (non-hydrogen) atoms. The lowest BCUT2D eigenvalue weighted by atomic mass is 9.90. The molecule has 96 valence electrons. The molecule has 3 N–H and O–H groups in total. The summed E-state index contributed by atoms with van der Waals surface area (Å²) in [4.78, 5) is 12.0. The van der Waals surface area contributed by atoms with E-state index in [2.05, 4.69) is 26.1 Å². The van der Waals surface area contributed by atoms with Gasteiger partial charge in [0.15, 0.2) is 0 Å². The number of carbonyl (C=O) groups is 1. The molecule has 0 heterocycles. The summed E-state index contributed by atoms with van der Waals surface area (Å²) >= 11 is 0. The van der Waals surface area contributed by atoms with Gasteiger partial charge in [-0.15, -0.1) is 0 Å². The third kappa shape index (κ3) is 3.78. The van der Waals surface area contributed by atoms with E-state index in [0.29, 0.717) is 18.8 Å². The lowest BCUT2D eigenvalue weighted by molar-refractivity contribution is -0.127. The van der Waals surface area contributed by atoms with Gasteiger partial charge in [-0.25, -0.2) is 0 Å². The number of hydrogen-bond donors (Lipinski definition) is 2. The minimum absolute atomic E-state index is 0.00287. The number of hydrogen-bond acceptors (Lipinski definition) is 2. The lowest BCUT2D eigenvalue weighted by Gasteiger charge is -2.30. The number of amides is 1. The van der Waals surface area contributed by atoms with Crippen LogP contribution in [0.4, 0.5) is 0 Å². The average molecular weight is 228 g/mol. The van der Waals surface area contributed by atoms with Crippen molar-refractivity contribution in [1.29, 1.82) is 0 Å². The SMILES string of the molecule is CCC(CC)C(C)NC(=O)C(N)(CC)CC. The Labute approximate surface area is 100 Å². The van der Waals surface area contributed by atoms with E-state index in [4.69, 9.17) is 5.73 Å². The number of nitrogens with one attached hydrogen (secondary N) is 1. The van der Waals surface area contributed by atoms with Crippen LogP contribution in [0.15, 0.2) is 0 Å². The van der Waals surface area contributed by atoms with Crippen molar-refractivity contribution in [2.24, 2.45) is 11.7 Å². The van der Waals surface area contributed by atoms with E-state index in [1.165, 1.54) is 0 Å². The third-order valence-corrected chi connectivity index (χ3v) is 3.83. The first kappa shape index (κ1) is 15.4. The highest BCUT2D eigenvalue weighted by Crippen LogP contribution is 2.16. The number of nitrogens with two attached hydrogens (primary N) is 1. The Morgan fingerprint density at radius 2 is 1.62 bits per heavy atom. The standard InChI is InChI=1S/C13H28N2O/c1-6-11(7-2)10(5)15-12(16)13(14,8-3)9-4/h10-11H,6-9,14H2,1-5H3,(H,15,16). The molecule has 0 aromatic carbocycles. The van der Waals surface area contributed by atoms with Crippen LogP contribution in [0.3, 0.4) is 0 Å². The quantitative estimate of drug-likeness (QED) is 0.703. The molecular weight excluding hydrogens is 200 g/mol. The zero-order chi connectivity index (χ0) is 12.8. The van der Waals surface area contributed by atoms with Gasteiger partial charge in [-0.1, -0.05) is 40.5 Å². The van der Waals surface area contributed by atoms with Gasteiger partial charge < -0.3 is 11.1 Å². The highest BCUT2D eigenvalue weighted by atomic mass is 16.2. The van der Waals surface area contributed by atoms with Crippen molar-refractivity contribution in [2.75, 3.05) is 0 Å². The van der Waals surface area contributed by atoms with Crippen LogP contribution in [-0.4, -0.2) is 17.5 Å². The minimum Gasteiger partial charge on any atom is -0.352 e. The van der Waals surface area contributed by atoms with Crippen LogP contribution in [0, 0.1) is 5.92 Å². The summed E-state index contributed by atoms with van der Waals surface area (Å²) in [5, 5.41) is 3.06. The molecule has 1 atom stereocenters. The Morgan fingerprint density at radius 3 is 1.94 bits per heavy atom. The van der Waals surface area contributed by atoms with Gasteiger partial charge in [0.05, 0.1) is 5.54 Å². The highest BCUT2D eigenvalue weighted by Gasteiger charge is 2.31. The molecule has 1 unspecified atom stereocenters. The smallest absolute Gasteiger partial charge is 0.240 e. The van der Waals surface area contributed by atoms with Gasteiger partial charge in [-0.3, -0.25) is 4.79 Å². The molecule has 0 saturated carbocycles. The van der Waals surface area contributed by atoms with Gasteiger partial charge in [0.1, 0.15) is 0 Å². The monoisotopic (exact) mass is 228 g/mol. The van der Waals surface area contributed by atoms with Gasteiger partial charge >= 0.3 is 0 Å². The molecule has 0 aromatic heterocycles. The van der Waals surface area contributed by atoms with Crippen LogP contribution in [0.5, 0.6) is 0 Å². The van der Waals surface area contributed by atoms with Crippen molar-refractivity contribution in [3.05, 3.63) is 0 Å². The Kier molecular flexibility index (Phi) is 6.65.